The van der Waals surface area contributed by atoms with Crippen molar-refractivity contribution < 1.29 is 28.8 Å². The number of hydrogen-bond donors (Lipinski definition) is 1. The zero-order valence-electron chi connectivity index (χ0n) is 10.5. The number of rotatable bonds is 3. The Morgan fingerprint density at radius 2 is 2.16 bits per heavy atom. The van der Waals surface area contributed by atoms with Gasteiger partial charge in [0.1, 0.15) is 13.1 Å². The Balaban J connectivity index is 2.01. The van der Waals surface area contributed by atoms with Crippen LogP contribution in [0.15, 0.2) is 11.0 Å². The molecule has 8 heteroatoms. The number of methoxy groups -OCH3 is 1. The van der Waals surface area contributed by atoms with Gasteiger partial charge in [-0.05, 0) is 11.8 Å². The maximum atomic E-state index is 12.0. The summed E-state index contributed by atoms with van der Waals surface area (Å²) in [5, 5.41) is -0.348. The van der Waals surface area contributed by atoms with Crippen LogP contribution in [0.3, 0.4) is 0 Å². The van der Waals surface area contributed by atoms with Crippen LogP contribution in [0.1, 0.15) is 0 Å². The molecule has 0 atom stereocenters. The molecule has 2 aliphatic rings. The Morgan fingerprint density at radius 3 is 2.79 bits per heavy atom. The molecule has 1 N–H and O–H groups in total. The minimum Gasteiger partial charge on any atom is -0.466 e. The van der Waals surface area contributed by atoms with Crippen LogP contribution in [-0.2, 0) is 19.1 Å². The van der Waals surface area contributed by atoms with E-state index in [0.717, 1.165) is 35.8 Å². The van der Waals surface area contributed by atoms with Crippen molar-refractivity contribution in [3.8, 4) is 0 Å². The van der Waals surface area contributed by atoms with Crippen molar-refractivity contribution in [2.24, 2.45) is 0 Å². The van der Waals surface area contributed by atoms with Crippen molar-refractivity contribution in [2.45, 2.75) is 0 Å². The Morgan fingerprint density at radius 1 is 1.47 bits per heavy atom. The van der Waals surface area contributed by atoms with E-state index in [4.69, 9.17) is 4.74 Å². The highest BCUT2D eigenvalue weighted by molar-refractivity contribution is 8.18. The highest BCUT2D eigenvalue weighted by Crippen LogP contribution is 2.29. The van der Waals surface area contributed by atoms with E-state index in [1.807, 2.05) is 0 Å². The van der Waals surface area contributed by atoms with Crippen LogP contribution in [0.25, 0.3) is 0 Å². The molecule has 104 valence electrons. The van der Waals surface area contributed by atoms with Crippen molar-refractivity contribution >= 4 is 28.9 Å². The highest BCUT2D eigenvalue weighted by Gasteiger charge is 2.38. The van der Waals surface area contributed by atoms with E-state index in [0.29, 0.717) is 19.9 Å². The average Bonchev–Trinajstić information content (AvgIpc) is 2.67. The summed E-state index contributed by atoms with van der Waals surface area (Å²) in [6.45, 7) is 3.09. The van der Waals surface area contributed by atoms with Crippen molar-refractivity contribution in [1.29, 1.82) is 0 Å². The summed E-state index contributed by atoms with van der Waals surface area (Å²) in [7, 11) is 1.22. The first-order chi connectivity index (χ1) is 9.11. The van der Waals surface area contributed by atoms with Gasteiger partial charge in [-0.15, -0.1) is 0 Å². The zero-order chi connectivity index (χ0) is 13.8. The fraction of sp³-hybridized carbons (Fsp3) is 0.545. The fourth-order valence-corrected chi connectivity index (χ4v) is 2.64. The third-order valence-corrected chi connectivity index (χ3v) is 3.81. The van der Waals surface area contributed by atoms with Crippen molar-refractivity contribution in [3.63, 3.8) is 0 Å². The molecule has 0 spiro atoms. The highest BCUT2D eigenvalue weighted by atomic mass is 32.2. The molecule has 0 aromatic carbocycles. The quantitative estimate of drug-likeness (QED) is 0.509. The van der Waals surface area contributed by atoms with Gasteiger partial charge in [-0.1, -0.05) is 0 Å². The second-order valence-electron chi connectivity index (χ2n) is 4.15. The lowest BCUT2D eigenvalue weighted by atomic mass is 10.4. The number of nitrogens with one attached hydrogen (secondary N) is 1. The van der Waals surface area contributed by atoms with Gasteiger partial charge in [0.2, 0.25) is 0 Å². The molecule has 0 saturated carbocycles. The summed E-state index contributed by atoms with van der Waals surface area (Å²) in [6.07, 6.45) is 1.06. The number of ether oxygens (including phenoxy) is 2. The largest absolute Gasteiger partial charge is 0.466 e. The van der Waals surface area contributed by atoms with Crippen molar-refractivity contribution in [3.05, 3.63) is 11.0 Å². The molecule has 2 heterocycles. The van der Waals surface area contributed by atoms with Gasteiger partial charge in [0.15, 0.2) is 6.67 Å². The Bertz CT molecular complexity index is 431. The fourth-order valence-electron chi connectivity index (χ4n) is 1.84. The zero-order valence-corrected chi connectivity index (χ0v) is 11.3. The summed E-state index contributed by atoms with van der Waals surface area (Å²) in [4.78, 5) is 37.3. The molecule has 2 saturated heterocycles. The Labute approximate surface area is 114 Å². The van der Waals surface area contributed by atoms with Crippen LogP contribution < -0.4 is 4.90 Å². The minimum atomic E-state index is -0.635. The number of nitrogens with zero attached hydrogens (tertiary/aromatic N) is 1. The van der Waals surface area contributed by atoms with Crippen LogP contribution >= 0.6 is 11.8 Å². The topological polar surface area (TPSA) is 77.3 Å². The van der Waals surface area contributed by atoms with E-state index >= 15 is 0 Å². The van der Waals surface area contributed by atoms with E-state index in [2.05, 4.69) is 4.74 Å². The Hall–Kier alpha value is -1.38. The standard InChI is InChI=1S/C11H14N2O5S/c1-17-9(14)6-8-10(15)13(11(16)19-8)7-12-2-4-18-5-3-12/h6H,2-5,7H2,1H3/p+1/b8-6-. The number of thioether (sulfide) groups is 1. The average molecular weight is 287 g/mol. The predicted molar refractivity (Wildman–Crippen MR) is 66.3 cm³/mol. The van der Waals surface area contributed by atoms with Crippen LogP contribution in [0, 0.1) is 0 Å². The maximum Gasteiger partial charge on any atom is 0.331 e. The molecule has 0 aliphatic carbocycles. The smallest absolute Gasteiger partial charge is 0.331 e. The molecule has 2 amide bonds. The van der Waals surface area contributed by atoms with E-state index in [-0.39, 0.29) is 10.1 Å². The van der Waals surface area contributed by atoms with E-state index < -0.39 is 11.9 Å². The van der Waals surface area contributed by atoms with Gasteiger partial charge >= 0.3 is 5.97 Å². The molecule has 0 aromatic rings. The number of amides is 2. The number of morpholine rings is 1. The lowest BCUT2D eigenvalue weighted by Gasteiger charge is -2.26. The molecular weight excluding hydrogens is 272 g/mol. The van der Waals surface area contributed by atoms with Crippen LogP contribution in [0.4, 0.5) is 4.79 Å². The summed E-state index contributed by atoms with van der Waals surface area (Å²) in [5.74, 6) is -1.07. The first kappa shape index (κ1) is 14.0. The molecule has 7 nitrogen and oxygen atoms in total. The normalized spacial score (nSPS) is 23.2. The molecular formula is C11H15N2O5S+. The lowest BCUT2D eigenvalue weighted by molar-refractivity contribution is -0.915. The predicted octanol–water partition coefficient (Wildman–Crippen LogP) is -1.39. The van der Waals surface area contributed by atoms with E-state index in [9.17, 15) is 14.4 Å². The van der Waals surface area contributed by atoms with Crippen molar-refractivity contribution in [2.75, 3.05) is 40.1 Å². The monoisotopic (exact) mass is 287 g/mol. The number of esters is 1. The molecule has 19 heavy (non-hydrogen) atoms. The van der Waals surface area contributed by atoms with E-state index in [1.165, 1.54) is 12.0 Å². The Kier molecular flexibility index (Phi) is 4.56. The second-order valence-corrected chi connectivity index (χ2v) is 5.15. The molecule has 0 aromatic heterocycles. The maximum absolute atomic E-state index is 12.0. The summed E-state index contributed by atoms with van der Waals surface area (Å²) in [5.41, 5.74) is 0. The van der Waals surface area contributed by atoms with E-state index in [1.54, 1.807) is 0 Å². The van der Waals surface area contributed by atoms with Gasteiger partial charge in [0.05, 0.1) is 25.2 Å². The summed E-state index contributed by atoms with van der Waals surface area (Å²) < 4.78 is 9.67. The van der Waals surface area contributed by atoms with Gasteiger partial charge in [0.25, 0.3) is 11.1 Å². The first-order valence-corrected chi connectivity index (χ1v) is 6.68. The summed E-state index contributed by atoms with van der Waals surface area (Å²) >= 11 is 0.767. The van der Waals surface area contributed by atoms with Gasteiger partial charge in [-0.2, -0.15) is 0 Å². The number of hydrogen-bond acceptors (Lipinski definition) is 6. The molecule has 0 radical (unpaired) electrons. The third kappa shape index (κ3) is 3.34. The number of imide groups is 1. The van der Waals surface area contributed by atoms with Gasteiger partial charge in [-0.3, -0.25) is 9.59 Å². The van der Waals surface area contributed by atoms with Gasteiger partial charge < -0.3 is 14.4 Å². The molecule has 2 aliphatic heterocycles. The third-order valence-electron chi connectivity index (χ3n) is 2.91. The van der Waals surface area contributed by atoms with Crippen LogP contribution in [0.2, 0.25) is 0 Å². The molecule has 2 fully saturated rings. The summed E-state index contributed by atoms with van der Waals surface area (Å²) in [6, 6.07) is 0. The SMILES string of the molecule is COC(=O)/C=C1\SC(=O)N(C[NH+]2CCOCC2)C1=O. The second kappa shape index (κ2) is 6.18. The number of carbonyl (C=O) groups excluding carboxylic acids is 3. The minimum absolute atomic E-state index is 0.115. The number of quaternary nitrogens is 1. The number of carbonyl (C=O) groups is 3. The van der Waals surface area contributed by atoms with Crippen LogP contribution in [-0.4, -0.2) is 62.1 Å². The van der Waals surface area contributed by atoms with Gasteiger partial charge in [-0.25, -0.2) is 9.69 Å². The van der Waals surface area contributed by atoms with Crippen LogP contribution in [0.5, 0.6) is 0 Å². The first-order valence-electron chi connectivity index (χ1n) is 5.86. The lowest BCUT2D eigenvalue weighted by Crippen LogP contribution is -3.15. The van der Waals surface area contributed by atoms with Crippen molar-refractivity contribution in [1.82, 2.24) is 4.90 Å². The van der Waals surface area contributed by atoms with Gasteiger partial charge in [0, 0.05) is 6.08 Å². The molecule has 0 bridgehead atoms. The molecule has 0 unspecified atom stereocenters. The molecule has 2 rings (SSSR count).